The molecule has 26 heavy (non-hydrogen) atoms. The van der Waals surface area contributed by atoms with E-state index in [4.69, 9.17) is 9.47 Å². The zero-order chi connectivity index (χ0) is 19.0. The third-order valence-electron chi connectivity index (χ3n) is 3.53. The van der Waals surface area contributed by atoms with E-state index in [-0.39, 0.29) is 6.42 Å². The first-order chi connectivity index (χ1) is 12.4. The Hall–Kier alpha value is -2.82. The zero-order valence-electron chi connectivity index (χ0n) is 15.4. The van der Waals surface area contributed by atoms with Crippen LogP contribution in [-0.2, 0) is 16.1 Å². The molecule has 138 valence electrons. The number of amides is 1. The van der Waals surface area contributed by atoms with Gasteiger partial charge in [0.1, 0.15) is 24.2 Å². The van der Waals surface area contributed by atoms with E-state index in [0.717, 1.165) is 17.4 Å². The van der Waals surface area contributed by atoms with Gasteiger partial charge in [0.15, 0.2) is 0 Å². The molecule has 0 heterocycles. The molecule has 2 rings (SSSR count). The van der Waals surface area contributed by atoms with Crippen molar-refractivity contribution >= 4 is 12.4 Å². The molecular weight excluding hydrogens is 330 g/mol. The highest BCUT2D eigenvalue weighted by atomic mass is 16.6. The lowest BCUT2D eigenvalue weighted by atomic mass is 10.0. The van der Waals surface area contributed by atoms with Crippen LogP contribution in [0, 0.1) is 0 Å². The van der Waals surface area contributed by atoms with Gasteiger partial charge in [0.2, 0.25) is 0 Å². The summed E-state index contributed by atoms with van der Waals surface area (Å²) in [5.41, 5.74) is 1.25. The van der Waals surface area contributed by atoms with Gasteiger partial charge < -0.3 is 19.6 Å². The van der Waals surface area contributed by atoms with Gasteiger partial charge >= 0.3 is 6.09 Å². The smallest absolute Gasteiger partial charge is 0.408 e. The fraction of sp³-hybridized carbons (Fsp3) is 0.333. The van der Waals surface area contributed by atoms with Crippen molar-refractivity contribution in [2.75, 3.05) is 0 Å². The Morgan fingerprint density at radius 1 is 1.12 bits per heavy atom. The van der Waals surface area contributed by atoms with Gasteiger partial charge in [-0.25, -0.2) is 4.79 Å². The van der Waals surface area contributed by atoms with E-state index in [1.807, 2.05) is 54.6 Å². The number of carbonyl (C=O) groups is 2. The van der Waals surface area contributed by atoms with E-state index < -0.39 is 17.7 Å². The molecule has 0 aliphatic heterocycles. The van der Waals surface area contributed by atoms with Gasteiger partial charge in [-0.3, -0.25) is 0 Å². The first-order valence-corrected chi connectivity index (χ1v) is 8.57. The van der Waals surface area contributed by atoms with Crippen LogP contribution in [0.15, 0.2) is 54.6 Å². The molecule has 0 fully saturated rings. The highest BCUT2D eigenvalue weighted by Gasteiger charge is 2.20. The molecule has 0 bridgehead atoms. The fourth-order valence-corrected chi connectivity index (χ4v) is 2.39. The van der Waals surface area contributed by atoms with Gasteiger partial charge in [-0.05, 0) is 44.0 Å². The minimum atomic E-state index is -0.601. The third-order valence-corrected chi connectivity index (χ3v) is 3.53. The Morgan fingerprint density at radius 2 is 1.85 bits per heavy atom. The Kier molecular flexibility index (Phi) is 6.78. The number of rotatable bonds is 7. The summed E-state index contributed by atoms with van der Waals surface area (Å²) in [6, 6.07) is 16.7. The lowest BCUT2D eigenvalue weighted by Crippen LogP contribution is -2.35. The summed E-state index contributed by atoms with van der Waals surface area (Å²) >= 11 is 0. The van der Waals surface area contributed by atoms with Gasteiger partial charge in [-0.15, -0.1) is 0 Å². The summed E-state index contributed by atoms with van der Waals surface area (Å²) in [5.74, 6) is 0.674. The standard InChI is InChI=1S/C21H25NO4/c1-21(2,3)26-20(24)22-19(12-13-23)17-10-7-11-18(14-17)25-15-16-8-5-4-6-9-16/h4-11,13-14,19H,12,15H2,1-3H3,(H,22,24)/t19-/m0/s1. The Labute approximate surface area is 154 Å². The topological polar surface area (TPSA) is 64.6 Å². The maximum Gasteiger partial charge on any atom is 0.408 e. The number of hydrogen-bond acceptors (Lipinski definition) is 4. The van der Waals surface area contributed by atoms with Crippen LogP contribution >= 0.6 is 0 Å². The highest BCUT2D eigenvalue weighted by molar-refractivity contribution is 5.69. The van der Waals surface area contributed by atoms with E-state index >= 15 is 0 Å². The normalized spacial score (nSPS) is 12.1. The van der Waals surface area contributed by atoms with E-state index in [1.54, 1.807) is 20.8 Å². The Balaban J connectivity index is 2.06. The number of alkyl carbamates (subject to hydrolysis) is 1. The van der Waals surface area contributed by atoms with Crippen molar-refractivity contribution in [2.45, 2.75) is 45.4 Å². The van der Waals surface area contributed by atoms with Gasteiger partial charge in [0.05, 0.1) is 6.04 Å². The van der Waals surface area contributed by atoms with Crippen LogP contribution in [0.3, 0.4) is 0 Å². The summed E-state index contributed by atoms with van der Waals surface area (Å²) < 4.78 is 11.1. The van der Waals surface area contributed by atoms with Gasteiger partial charge in [0, 0.05) is 6.42 Å². The monoisotopic (exact) mass is 355 g/mol. The SMILES string of the molecule is CC(C)(C)OC(=O)N[C@@H](CC=O)c1cccc(OCc2ccccc2)c1. The highest BCUT2D eigenvalue weighted by Crippen LogP contribution is 2.22. The predicted molar refractivity (Wildman–Crippen MR) is 100 cm³/mol. The number of carbonyl (C=O) groups excluding carboxylic acids is 2. The first kappa shape index (κ1) is 19.5. The summed E-state index contributed by atoms with van der Waals surface area (Å²) in [4.78, 5) is 23.1. The lowest BCUT2D eigenvalue weighted by Gasteiger charge is -2.23. The minimum absolute atomic E-state index is 0.154. The van der Waals surface area contributed by atoms with Gasteiger partial charge in [0.25, 0.3) is 0 Å². The molecule has 0 aliphatic rings. The molecule has 0 saturated heterocycles. The van der Waals surface area contributed by atoms with Crippen LogP contribution in [0.1, 0.15) is 44.4 Å². The van der Waals surface area contributed by atoms with Crippen molar-refractivity contribution in [1.82, 2.24) is 5.32 Å². The lowest BCUT2D eigenvalue weighted by molar-refractivity contribution is -0.108. The van der Waals surface area contributed by atoms with E-state index in [0.29, 0.717) is 12.4 Å². The van der Waals surface area contributed by atoms with E-state index in [1.165, 1.54) is 0 Å². The molecule has 5 heteroatoms. The molecule has 0 spiro atoms. The second-order valence-corrected chi connectivity index (χ2v) is 6.95. The summed E-state index contributed by atoms with van der Waals surface area (Å²) in [6.07, 6.45) is 0.376. The molecule has 0 radical (unpaired) electrons. The minimum Gasteiger partial charge on any atom is -0.489 e. The second kappa shape index (κ2) is 9.04. The molecule has 1 amide bonds. The van der Waals surface area contributed by atoms with E-state index in [2.05, 4.69) is 5.32 Å². The van der Waals surface area contributed by atoms with Crippen molar-refractivity contribution in [1.29, 1.82) is 0 Å². The molecule has 0 saturated carbocycles. The van der Waals surface area contributed by atoms with Crippen LogP contribution < -0.4 is 10.1 Å². The van der Waals surface area contributed by atoms with Crippen LogP contribution in [0.5, 0.6) is 5.75 Å². The third kappa shape index (κ3) is 6.59. The van der Waals surface area contributed by atoms with Crippen LogP contribution in [0.2, 0.25) is 0 Å². The number of aldehydes is 1. The molecule has 2 aromatic carbocycles. The Bertz CT molecular complexity index is 722. The average molecular weight is 355 g/mol. The molecule has 1 N–H and O–H groups in total. The first-order valence-electron chi connectivity index (χ1n) is 8.57. The summed E-state index contributed by atoms with van der Waals surface area (Å²) in [6.45, 7) is 5.82. The fourth-order valence-electron chi connectivity index (χ4n) is 2.39. The molecule has 2 aromatic rings. The van der Waals surface area contributed by atoms with Crippen molar-refractivity contribution in [3.8, 4) is 5.75 Å². The summed E-state index contributed by atoms with van der Waals surface area (Å²) in [5, 5.41) is 2.74. The number of ether oxygens (including phenoxy) is 2. The van der Waals surface area contributed by atoms with Gasteiger partial charge in [-0.2, -0.15) is 0 Å². The van der Waals surface area contributed by atoms with Crippen molar-refractivity contribution in [2.24, 2.45) is 0 Å². The number of nitrogens with one attached hydrogen (secondary N) is 1. The van der Waals surface area contributed by atoms with Crippen LogP contribution in [0.4, 0.5) is 4.79 Å². The number of benzene rings is 2. The summed E-state index contributed by atoms with van der Waals surface area (Å²) in [7, 11) is 0. The van der Waals surface area contributed by atoms with Gasteiger partial charge in [-0.1, -0.05) is 42.5 Å². The van der Waals surface area contributed by atoms with Crippen LogP contribution in [0.25, 0.3) is 0 Å². The zero-order valence-corrected chi connectivity index (χ0v) is 15.4. The molecular formula is C21H25NO4. The van der Waals surface area contributed by atoms with Crippen molar-refractivity contribution in [3.05, 3.63) is 65.7 Å². The molecule has 0 aliphatic carbocycles. The molecule has 0 aromatic heterocycles. The largest absolute Gasteiger partial charge is 0.489 e. The number of hydrogen-bond donors (Lipinski definition) is 1. The Morgan fingerprint density at radius 3 is 2.50 bits per heavy atom. The average Bonchev–Trinajstić information content (AvgIpc) is 2.59. The maximum absolute atomic E-state index is 12.0. The molecule has 0 unspecified atom stereocenters. The molecule has 1 atom stereocenters. The molecule has 5 nitrogen and oxygen atoms in total. The van der Waals surface area contributed by atoms with Crippen molar-refractivity contribution in [3.63, 3.8) is 0 Å². The van der Waals surface area contributed by atoms with Crippen molar-refractivity contribution < 1.29 is 19.1 Å². The van der Waals surface area contributed by atoms with Crippen LogP contribution in [-0.4, -0.2) is 18.0 Å². The maximum atomic E-state index is 12.0. The quantitative estimate of drug-likeness (QED) is 0.747. The predicted octanol–water partition coefficient (Wildman–Crippen LogP) is 4.42. The van der Waals surface area contributed by atoms with E-state index in [9.17, 15) is 9.59 Å². The second-order valence-electron chi connectivity index (χ2n) is 6.95.